The smallest absolute Gasteiger partial charge is 0.307 e. The highest BCUT2D eigenvalue weighted by molar-refractivity contribution is 7.16. The lowest BCUT2D eigenvalue weighted by Crippen LogP contribution is -2.24. The number of nitrogens with one attached hydrogen (secondary N) is 1. The van der Waals surface area contributed by atoms with Gasteiger partial charge in [-0.3, -0.25) is 9.59 Å². The van der Waals surface area contributed by atoms with Crippen LogP contribution in [0.1, 0.15) is 55.7 Å². The van der Waals surface area contributed by atoms with Gasteiger partial charge in [-0.15, -0.1) is 0 Å². The van der Waals surface area contributed by atoms with Crippen molar-refractivity contribution in [3.63, 3.8) is 0 Å². The van der Waals surface area contributed by atoms with E-state index in [2.05, 4.69) is 16.4 Å². The first kappa shape index (κ1) is 30.3. The number of carboxylic acids is 1. The Morgan fingerprint density at radius 3 is 2.56 bits per heavy atom. The molecule has 1 aromatic carbocycles. The van der Waals surface area contributed by atoms with E-state index in [9.17, 15) is 14.7 Å². The van der Waals surface area contributed by atoms with Gasteiger partial charge in [0.05, 0.1) is 16.5 Å². The van der Waals surface area contributed by atoms with Crippen LogP contribution in [0.2, 0.25) is 0 Å². The first-order valence-corrected chi connectivity index (χ1v) is 14.4. The number of hydrogen-bond acceptors (Lipinski definition) is 6. The number of carbonyl (C=O) groups excluding carboxylic acids is 1. The summed E-state index contributed by atoms with van der Waals surface area (Å²) in [6.45, 7) is 4.63. The molecule has 39 heavy (non-hydrogen) atoms. The van der Waals surface area contributed by atoms with Crippen LogP contribution in [0.15, 0.2) is 65.3 Å². The van der Waals surface area contributed by atoms with Gasteiger partial charge in [-0.1, -0.05) is 79.3 Å². The van der Waals surface area contributed by atoms with Crippen molar-refractivity contribution in [2.24, 2.45) is 5.92 Å². The van der Waals surface area contributed by atoms with Gasteiger partial charge in [0.1, 0.15) is 0 Å². The van der Waals surface area contributed by atoms with Crippen LogP contribution in [0.4, 0.5) is 10.8 Å². The lowest BCUT2D eigenvalue weighted by molar-refractivity contribution is -0.143. The van der Waals surface area contributed by atoms with Crippen molar-refractivity contribution in [3.05, 3.63) is 81.4 Å². The fourth-order valence-electron chi connectivity index (χ4n) is 4.09. The molecule has 0 fully saturated rings. The zero-order valence-electron chi connectivity index (χ0n) is 22.9. The minimum absolute atomic E-state index is 0.00696. The Labute approximate surface area is 240 Å². The zero-order valence-corrected chi connectivity index (χ0v) is 24.5. The molecule has 0 amide bonds. The molecular weight excluding hydrogens is 530 g/mol. The minimum Gasteiger partial charge on any atom is -0.481 e. The SMILES string of the molecule is CC.CN(C)CCC(CC(=O)C1=CCC=C(c2ccc(Nc3nc4c(s3)C=C(Cl)CC=C4)cc2)C=C1)C(=O)O. The van der Waals surface area contributed by atoms with Crippen LogP contribution >= 0.6 is 22.9 Å². The third-order valence-corrected chi connectivity index (χ3v) is 7.37. The highest BCUT2D eigenvalue weighted by Gasteiger charge is 2.22. The summed E-state index contributed by atoms with van der Waals surface area (Å²) in [5, 5.41) is 14.5. The monoisotopic (exact) mass is 565 g/mol. The Balaban J connectivity index is 0.00000205. The third-order valence-electron chi connectivity index (χ3n) is 6.17. The van der Waals surface area contributed by atoms with Crippen LogP contribution < -0.4 is 5.32 Å². The fraction of sp³-hybridized carbons (Fsp3) is 0.323. The van der Waals surface area contributed by atoms with Crippen LogP contribution in [-0.2, 0) is 9.59 Å². The maximum absolute atomic E-state index is 12.8. The Kier molecular flexibility index (Phi) is 11.5. The number of rotatable bonds is 10. The molecule has 1 aromatic heterocycles. The third kappa shape index (κ3) is 8.88. The van der Waals surface area contributed by atoms with Crippen LogP contribution in [0, 0.1) is 5.92 Å². The number of benzene rings is 1. The van der Waals surface area contributed by atoms with E-state index in [4.69, 9.17) is 11.6 Å². The van der Waals surface area contributed by atoms with E-state index in [0.717, 1.165) is 44.0 Å². The minimum atomic E-state index is -0.925. The number of carboxylic acid groups (broad SMARTS) is 1. The van der Waals surface area contributed by atoms with Gasteiger partial charge in [0.2, 0.25) is 0 Å². The second-order valence-electron chi connectivity index (χ2n) is 9.31. The molecule has 0 bridgehead atoms. The van der Waals surface area contributed by atoms with Gasteiger partial charge in [-0.2, -0.15) is 0 Å². The number of carbonyl (C=O) groups is 2. The average Bonchev–Trinajstić information content (AvgIpc) is 3.06. The number of hydrogen-bond donors (Lipinski definition) is 2. The lowest BCUT2D eigenvalue weighted by Gasteiger charge is -2.15. The van der Waals surface area contributed by atoms with Gasteiger partial charge in [0.25, 0.3) is 0 Å². The number of ketones is 1. The Hall–Kier alpha value is -3.26. The molecule has 1 atom stereocenters. The number of thiazole rings is 1. The Morgan fingerprint density at radius 1 is 1.13 bits per heavy atom. The molecule has 0 radical (unpaired) electrons. The number of nitrogens with zero attached hydrogens (tertiary/aromatic N) is 2. The van der Waals surface area contributed by atoms with Crippen LogP contribution in [0.25, 0.3) is 17.7 Å². The highest BCUT2D eigenvalue weighted by Crippen LogP contribution is 2.32. The predicted octanol–water partition coefficient (Wildman–Crippen LogP) is 7.79. The van der Waals surface area contributed by atoms with Crippen molar-refractivity contribution in [2.45, 2.75) is 39.5 Å². The van der Waals surface area contributed by atoms with E-state index in [1.807, 2.05) is 87.5 Å². The van der Waals surface area contributed by atoms with E-state index in [0.29, 0.717) is 25.0 Å². The van der Waals surface area contributed by atoms with E-state index < -0.39 is 11.9 Å². The summed E-state index contributed by atoms with van der Waals surface area (Å²) < 4.78 is 0. The van der Waals surface area contributed by atoms with Gasteiger partial charge in [-0.25, -0.2) is 4.98 Å². The van der Waals surface area contributed by atoms with Gasteiger partial charge < -0.3 is 15.3 Å². The molecule has 206 valence electrons. The van der Waals surface area contributed by atoms with Crippen molar-refractivity contribution < 1.29 is 14.7 Å². The van der Waals surface area contributed by atoms with E-state index >= 15 is 0 Å². The Bertz CT molecular complexity index is 1320. The summed E-state index contributed by atoms with van der Waals surface area (Å²) in [6, 6.07) is 8.06. The second kappa shape index (κ2) is 14.8. The zero-order chi connectivity index (χ0) is 28.4. The standard InChI is InChI=1S/C29H30ClN3O3S.C2H6/c1-33(2)16-15-22(28(35)36)17-26(34)21-6-3-5-19(9-10-21)20-11-13-24(14-12-20)31-29-32-25-8-4-7-23(30)18-27(25)37-29;1-2/h4-6,8-14,18,22H,3,7,15-17H2,1-2H3,(H,31,32)(H,35,36);1-2H3. The summed E-state index contributed by atoms with van der Waals surface area (Å²) in [5.74, 6) is -1.74. The molecule has 0 saturated heterocycles. The molecule has 6 nitrogen and oxygen atoms in total. The second-order valence-corrected chi connectivity index (χ2v) is 10.8. The van der Waals surface area contributed by atoms with Crippen molar-refractivity contribution in [3.8, 4) is 0 Å². The normalized spacial score (nSPS) is 15.1. The summed E-state index contributed by atoms with van der Waals surface area (Å²) >= 11 is 7.78. The molecule has 8 heteroatoms. The molecule has 1 unspecified atom stereocenters. The Morgan fingerprint density at radius 2 is 1.87 bits per heavy atom. The largest absolute Gasteiger partial charge is 0.481 e. The number of anilines is 2. The summed E-state index contributed by atoms with van der Waals surface area (Å²) in [4.78, 5) is 32.1. The number of halogens is 1. The molecule has 2 aliphatic rings. The topological polar surface area (TPSA) is 82.5 Å². The molecule has 0 saturated carbocycles. The maximum Gasteiger partial charge on any atom is 0.307 e. The molecule has 0 spiro atoms. The average molecular weight is 566 g/mol. The van der Waals surface area contributed by atoms with Gasteiger partial charge in [0, 0.05) is 29.1 Å². The van der Waals surface area contributed by atoms with Crippen LogP contribution in [0.3, 0.4) is 0 Å². The molecule has 2 N–H and O–H groups in total. The van der Waals surface area contributed by atoms with Crippen LogP contribution in [-0.4, -0.2) is 47.4 Å². The van der Waals surface area contributed by atoms with Gasteiger partial charge in [-0.05, 0) is 68.9 Å². The van der Waals surface area contributed by atoms with Crippen LogP contribution in [0.5, 0.6) is 0 Å². The maximum atomic E-state index is 12.8. The molecular formula is C31H36ClN3O3S. The number of allylic oxidation sites excluding steroid dienone is 8. The predicted molar refractivity (Wildman–Crippen MR) is 164 cm³/mol. The molecule has 2 aromatic rings. The first-order valence-electron chi connectivity index (χ1n) is 13.2. The summed E-state index contributed by atoms with van der Waals surface area (Å²) in [6.07, 6.45) is 15.4. The van der Waals surface area contributed by atoms with Gasteiger partial charge in [0.15, 0.2) is 10.9 Å². The van der Waals surface area contributed by atoms with E-state index in [1.54, 1.807) is 17.4 Å². The lowest BCUT2D eigenvalue weighted by atomic mass is 9.94. The number of fused-ring (bicyclic) bond motifs is 1. The highest BCUT2D eigenvalue weighted by atomic mass is 35.5. The number of aromatic nitrogens is 1. The van der Waals surface area contributed by atoms with E-state index in [-0.39, 0.29) is 12.2 Å². The summed E-state index contributed by atoms with van der Waals surface area (Å²) in [7, 11) is 3.79. The van der Waals surface area contributed by atoms with Crippen molar-refractivity contribution in [2.75, 3.05) is 26.0 Å². The molecule has 2 aliphatic carbocycles. The molecule has 1 heterocycles. The van der Waals surface area contributed by atoms with Crippen molar-refractivity contribution in [1.29, 1.82) is 0 Å². The fourth-order valence-corrected chi connectivity index (χ4v) is 5.30. The summed E-state index contributed by atoms with van der Waals surface area (Å²) in [5.41, 5.74) is 4.45. The first-order chi connectivity index (χ1) is 18.8. The molecule has 0 aliphatic heterocycles. The van der Waals surface area contributed by atoms with Crippen molar-refractivity contribution >= 4 is 63.2 Å². The van der Waals surface area contributed by atoms with E-state index in [1.165, 1.54) is 0 Å². The number of Topliss-reactive ketones (excluding diaryl/α,β-unsaturated/α-hetero) is 1. The van der Waals surface area contributed by atoms with Gasteiger partial charge >= 0.3 is 5.97 Å². The quantitative estimate of drug-likeness (QED) is 0.306. The molecule has 4 rings (SSSR count). The van der Waals surface area contributed by atoms with Crippen molar-refractivity contribution in [1.82, 2.24) is 9.88 Å². The number of aliphatic carboxylic acids is 1.